The van der Waals surface area contributed by atoms with Gasteiger partial charge in [0, 0.05) is 12.1 Å². The standard InChI is InChI=1S/C12H27NO2.CH4/c1-11(2,3)13-7-8-14-9-10-15-12(4,5)6;/h13H,7-10H2,1-6H3;1H4. The average Bonchev–Trinajstić information content (AvgIpc) is 1.98. The molecule has 0 aliphatic heterocycles. The third-order valence-corrected chi connectivity index (χ3v) is 1.66. The molecule has 100 valence electrons. The van der Waals surface area contributed by atoms with Crippen LogP contribution in [0.5, 0.6) is 0 Å². The van der Waals surface area contributed by atoms with E-state index in [2.05, 4.69) is 26.1 Å². The number of hydrogen-bond donors (Lipinski definition) is 1. The zero-order valence-corrected chi connectivity index (χ0v) is 11.1. The van der Waals surface area contributed by atoms with E-state index in [9.17, 15) is 0 Å². The van der Waals surface area contributed by atoms with Gasteiger partial charge in [0.05, 0.1) is 25.4 Å². The first-order valence-electron chi connectivity index (χ1n) is 5.67. The van der Waals surface area contributed by atoms with Gasteiger partial charge in [0.1, 0.15) is 0 Å². The van der Waals surface area contributed by atoms with Crippen molar-refractivity contribution >= 4 is 0 Å². The van der Waals surface area contributed by atoms with Crippen LogP contribution >= 0.6 is 0 Å². The molecule has 0 aromatic carbocycles. The molecule has 0 radical (unpaired) electrons. The third kappa shape index (κ3) is 16.3. The Hall–Kier alpha value is -0.120. The van der Waals surface area contributed by atoms with Crippen molar-refractivity contribution in [3.8, 4) is 0 Å². The molecule has 0 saturated carbocycles. The summed E-state index contributed by atoms with van der Waals surface area (Å²) in [5, 5.41) is 3.36. The zero-order valence-electron chi connectivity index (χ0n) is 11.1. The van der Waals surface area contributed by atoms with Gasteiger partial charge in [0.25, 0.3) is 0 Å². The van der Waals surface area contributed by atoms with Crippen molar-refractivity contribution in [1.82, 2.24) is 5.32 Å². The van der Waals surface area contributed by atoms with E-state index in [-0.39, 0.29) is 18.6 Å². The van der Waals surface area contributed by atoms with Gasteiger partial charge in [-0.2, -0.15) is 0 Å². The van der Waals surface area contributed by atoms with Crippen LogP contribution in [0.3, 0.4) is 0 Å². The second-order valence-corrected chi connectivity index (χ2v) is 5.75. The summed E-state index contributed by atoms with van der Waals surface area (Å²) < 4.78 is 11.0. The minimum Gasteiger partial charge on any atom is -0.378 e. The van der Waals surface area contributed by atoms with Gasteiger partial charge < -0.3 is 14.8 Å². The Labute approximate surface area is 102 Å². The minimum atomic E-state index is -0.0625. The van der Waals surface area contributed by atoms with E-state index in [1.807, 2.05) is 20.8 Å². The molecule has 0 atom stereocenters. The van der Waals surface area contributed by atoms with Crippen LogP contribution in [0.4, 0.5) is 0 Å². The van der Waals surface area contributed by atoms with E-state index in [4.69, 9.17) is 9.47 Å². The smallest absolute Gasteiger partial charge is 0.0707 e. The molecular weight excluding hydrogens is 202 g/mol. The summed E-state index contributed by atoms with van der Waals surface area (Å²) in [5.74, 6) is 0. The van der Waals surface area contributed by atoms with Gasteiger partial charge in [0.2, 0.25) is 0 Å². The largest absolute Gasteiger partial charge is 0.378 e. The lowest BCUT2D eigenvalue weighted by Crippen LogP contribution is -2.38. The highest BCUT2D eigenvalue weighted by molar-refractivity contribution is 4.69. The predicted octanol–water partition coefficient (Wildman–Crippen LogP) is 2.84. The van der Waals surface area contributed by atoms with Crippen LogP contribution in [0.15, 0.2) is 0 Å². The Balaban J connectivity index is 0. The van der Waals surface area contributed by atoms with Crippen molar-refractivity contribution in [3.05, 3.63) is 0 Å². The molecular formula is C13H31NO2. The first-order valence-corrected chi connectivity index (χ1v) is 5.67. The summed E-state index contributed by atoms with van der Waals surface area (Å²) in [6.07, 6.45) is 0. The number of hydrogen-bond acceptors (Lipinski definition) is 3. The molecule has 0 aromatic rings. The van der Waals surface area contributed by atoms with Gasteiger partial charge in [-0.15, -0.1) is 0 Å². The molecule has 3 nitrogen and oxygen atoms in total. The van der Waals surface area contributed by atoms with E-state index in [0.717, 1.165) is 13.2 Å². The zero-order chi connectivity index (χ0) is 11.9. The first-order chi connectivity index (χ1) is 6.71. The molecule has 0 bridgehead atoms. The lowest BCUT2D eigenvalue weighted by molar-refractivity contribution is -0.0346. The summed E-state index contributed by atoms with van der Waals surface area (Å²) in [4.78, 5) is 0. The molecule has 0 aliphatic carbocycles. The summed E-state index contributed by atoms with van der Waals surface area (Å²) in [5.41, 5.74) is 0.109. The molecule has 3 heteroatoms. The first kappa shape index (κ1) is 18.3. The fourth-order valence-electron chi connectivity index (χ4n) is 1.01. The van der Waals surface area contributed by atoms with Crippen LogP contribution in [0.25, 0.3) is 0 Å². The average molecular weight is 233 g/mol. The normalized spacial score (nSPS) is 12.4. The van der Waals surface area contributed by atoms with Crippen LogP contribution in [0, 0.1) is 0 Å². The molecule has 1 N–H and O–H groups in total. The van der Waals surface area contributed by atoms with Crippen LogP contribution in [-0.2, 0) is 9.47 Å². The monoisotopic (exact) mass is 233 g/mol. The van der Waals surface area contributed by atoms with Gasteiger partial charge >= 0.3 is 0 Å². The molecule has 0 heterocycles. The van der Waals surface area contributed by atoms with E-state index in [1.165, 1.54) is 0 Å². The number of rotatable bonds is 6. The number of ether oxygens (including phenoxy) is 2. The summed E-state index contributed by atoms with van der Waals surface area (Å²) in [6.45, 7) is 15.6. The lowest BCUT2D eigenvalue weighted by Gasteiger charge is -2.21. The van der Waals surface area contributed by atoms with Crippen molar-refractivity contribution in [2.45, 2.75) is 60.1 Å². The van der Waals surface area contributed by atoms with Gasteiger partial charge in [-0.05, 0) is 41.5 Å². The van der Waals surface area contributed by atoms with E-state index in [1.54, 1.807) is 0 Å². The van der Waals surface area contributed by atoms with Crippen molar-refractivity contribution in [2.75, 3.05) is 26.4 Å². The molecule has 16 heavy (non-hydrogen) atoms. The van der Waals surface area contributed by atoms with E-state index < -0.39 is 0 Å². The molecule has 0 aromatic heterocycles. The molecule has 0 saturated heterocycles. The van der Waals surface area contributed by atoms with Crippen molar-refractivity contribution in [2.24, 2.45) is 0 Å². The lowest BCUT2D eigenvalue weighted by atomic mass is 10.1. The van der Waals surface area contributed by atoms with E-state index in [0.29, 0.717) is 13.2 Å². The summed E-state index contributed by atoms with van der Waals surface area (Å²) >= 11 is 0. The fourth-order valence-corrected chi connectivity index (χ4v) is 1.01. The maximum atomic E-state index is 5.53. The van der Waals surface area contributed by atoms with Gasteiger partial charge in [-0.25, -0.2) is 0 Å². The van der Waals surface area contributed by atoms with Crippen LogP contribution < -0.4 is 5.32 Å². The highest BCUT2D eigenvalue weighted by Gasteiger charge is 2.09. The fraction of sp³-hybridized carbons (Fsp3) is 1.00. The second kappa shape index (κ2) is 8.04. The van der Waals surface area contributed by atoms with Crippen LogP contribution in [0.1, 0.15) is 49.0 Å². The second-order valence-electron chi connectivity index (χ2n) is 5.75. The maximum Gasteiger partial charge on any atom is 0.0707 e. The minimum absolute atomic E-state index is 0. The van der Waals surface area contributed by atoms with Crippen molar-refractivity contribution in [3.63, 3.8) is 0 Å². The van der Waals surface area contributed by atoms with Crippen LogP contribution in [0.2, 0.25) is 0 Å². The Morgan fingerprint density at radius 2 is 1.44 bits per heavy atom. The van der Waals surface area contributed by atoms with Crippen LogP contribution in [-0.4, -0.2) is 37.5 Å². The quantitative estimate of drug-likeness (QED) is 0.716. The topological polar surface area (TPSA) is 30.5 Å². The summed E-state index contributed by atoms with van der Waals surface area (Å²) in [7, 11) is 0. The predicted molar refractivity (Wildman–Crippen MR) is 71.0 cm³/mol. The number of nitrogens with one attached hydrogen (secondary N) is 1. The summed E-state index contributed by atoms with van der Waals surface area (Å²) in [6, 6.07) is 0. The SMILES string of the molecule is C.CC(C)(C)NCCOCCOC(C)(C)C. The Morgan fingerprint density at radius 3 is 1.88 bits per heavy atom. The van der Waals surface area contributed by atoms with E-state index >= 15 is 0 Å². The molecule has 0 spiro atoms. The maximum absolute atomic E-state index is 5.53. The van der Waals surface area contributed by atoms with Gasteiger partial charge in [-0.3, -0.25) is 0 Å². The van der Waals surface area contributed by atoms with Gasteiger partial charge in [-0.1, -0.05) is 7.43 Å². The third-order valence-electron chi connectivity index (χ3n) is 1.66. The van der Waals surface area contributed by atoms with Crippen molar-refractivity contribution < 1.29 is 9.47 Å². The van der Waals surface area contributed by atoms with Gasteiger partial charge in [0.15, 0.2) is 0 Å². The molecule has 0 unspecified atom stereocenters. The highest BCUT2D eigenvalue weighted by atomic mass is 16.5. The van der Waals surface area contributed by atoms with Crippen molar-refractivity contribution in [1.29, 1.82) is 0 Å². The Bertz CT molecular complexity index is 138. The Morgan fingerprint density at radius 1 is 0.875 bits per heavy atom. The molecule has 0 rings (SSSR count). The molecule has 0 fully saturated rings. The molecule has 0 amide bonds. The molecule has 0 aliphatic rings. The highest BCUT2D eigenvalue weighted by Crippen LogP contribution is 2.05. The Kier molecular flexibility index (Phi) is 9.17.